The highest BCUT2D eigenvalue weighted by molar-refractivity contribution is 5.65. The third-order valence-corrected chi connectivity index (χ3v) is 5.12. The SMILES string of the molecule is CCCCCCCCCC=c1ccc(=Cc2[nH]c(-c3ccc[nH]3)cc2OC)[nH]1. The average molecular weight is 380 g/mol. The molecule has 0 aliphatic heterocycles. The van der Waals surface area contributed by atoms with E-state index in [9.17, 15) is 0 Å². The van der Waals surface area contributed by atoms with Crippen molar-refractivity contribution in [1.82, 2.24) is 15.0 Å². The molecule has 0 aliphatic rings. The third-order valence-electron chi connectivity index (χ3n) is 5.12. The molecule has 4 nitrogen and oxygen atoms in total. The summed E-state index contributed by atoms with van der Waals surface area (Å²) in [7, 11) is 1.70. The van der Waals surface area contributed by atoms with Gasteiger partial charge in [0.2, 0.25) is 0 Å². The molecule has 0 unspecified atom stereocenters. The van der Waals surface area contributed by atoms with Crippen LogP contribution in [0.3, 0.4) is 0 Å². The van der Waals surface area contributed by atoms with Crippen LogP contribution in [-0.2, 0) is 0 Å². The molecule has 0 bridgehead atoms. The van der Waals surface area contributed by atoms with Crippen LogP contribution in [0.4, 0.5) is 0 Å². The Hall–Kier alpha value is -2.62. The normalized spacial score (nSPS) is 12.8. The maximum absolute atomic E-state index is 5.53. The Balaban J connectivity index is 1.60. The molecule has 3 aromatic rings. The lowest BCUT2D eigenvalue weighted by Gasteiger charge is -1.98. The zero-order valence-corrected chi connectivity index (χ0v) is 17.2. The van der Waals surface area contributed by atoms with Gasteiger partial charge in [0, 0.05) is 23.0 Å². The van der Waals surface area contributed by atoms with Crippen molar-refractivity contribution in [2.75, 3.05) is 7.11 Å². The van der Waals surface area contributed by atoms with Gasteiger partial charge in [0.1, 0.15) is 5.75 Å². The van der Waals surface area contributed by atoms with Gasteiger partial charge < -0.3 is 19.7 Å². The van der Waals surface area contributed by atoms with E-state index in [1.54, 1.807) is 7.11 Å². The van der Waals surface area contributed by atoms with Crippen molar-refractivity contribution in [3.05, 3.63) is 52.9 Å². The molecule has 3 aromatic heterocycles. The topological polar surface area (TPSA) is 56.6 Å². The van der Waals surface area contributed by atoms with Crippen LogP contribution in [0.2, 0.25) is 0 Å². The summed E-state index contributed by atoms with van der Waals surface area (Å²) in [6.07, 6.45) is 16.9. The standard InChI is InChI=1S/C24H33N3O/c1-3-4-5-6-7-8-9-10-12-19-14-15-20(26-19)17-23-24(28-2)18-22(27-23)21-13-11-16-25-21/h11-18,25-27H,3-10H2,1-2H3. The van der Waals surface area contributed by atoms with Crippen LogP contribution >= 0.6 is 0 Å². The maximum Gasteiger partial charge on any atom is 0.144 e. The molecule has 0 saturated carbocycles. The second kappa shape index (κ2) is 10.6. The lowest BCUT2D eigenvalue weighted by atomic mass is 10.1. The number of ether oxygens (including phenoxy) is 1. The van der Waals surface area contributed by atoms with E-state index in [0.29, 0.717) is 0 Å². The molecule has 0 amide bonds. The Kier molecular flexibility index (Phi) is 7.65. The van der Waals surface area contributed by atoms with Gasteiger partial charge in [0.25, 0.3) is 0 Å². The van der Waals surface area contributed by atoms with Gasteiger partial charge in [-0.25, -0.2) is 0 Å². The molecule has 0 spiro atoms. The number of methoxy groups -OCH3 is 1. The van der Waals surface area contributed by atoms with Crippen LogP contribution in [0, 0.1) is 0 Å². The van der Waals surface area contributed by atoms with Crippen LogP contribution < -0.4 is 15.4 Å². The Labute approximate surface area is 167 Å². The summed E-state index contributed by atoms with van der Waals surface area (Å²) in [5.74, 6) is 0.841. The Morgan fingerprint density at radius 3 is 2.43 bits per heavy atom. The van der Waals surface area contributed by atoms with Crippen LogP contribution in [0.15, 0.2) is 36.5 Å². The molecular weight excluding hydrogens is 346 g/mol. The van der Waals surface area contributed by atoms with E-state index in [2.05, 4.69) is 46.2 Å². The number of hydrogen-bond acceptors (Lipinski definition) is 1. The minimum absolute atomic E-state index is 0.841. The number of aromatic nitrogens is 3. The maximum atomic E-state index is 5.53. The van der Waals surface area contributed by atoms with Crippen molar-refractivity contribution in [2.24, 2.45) is 0 Å². The summed E-state index contributed by atoms with van der Waals surface area (Å²) < 4.78 is 5.53. The summed E-state index contributed by atoms with van der Waals surface area (Å²) >= 11 is 0. The number of aromatic amines is 3. The van der Waals surface area contributed by atoms with Gasteiger partial charge in [0.05, 0.1) is 24.2 Å². The van der Waals surface area contributed by atoms with E-state index >= 15 is 0 Å². The summed E-state index contributed by atoms with van der Waals surface area (Å²) in [6, 6.07) is 10.3. The third kappa shape index (κ3) is 5.69. The highest BCUT2D eigenvalue weighted by atomic mass is 16.5. The first-order valence-electron chi connectivity index (χ1n) is 10.6. The largest absolute Gasteiger partial charge is 0.494 e. The summed E-state index contributed by atoms with van der Waals surface area (Å²) in [4.78, 5) is 10.1. The first-order chi connectivity index (χ1) is 13.8. The predicted octanol–water partition coefficient (Wildman–Crippen LogP) is 5.10. The van der Waals surface area contributed by atoms with Gasteiger partial charge in [-0.15, -0.1) is 0 Å². The monoisotopic (exact) mass is 379 g/mol. The number of H-pyrrole nitrogens is 3. The summed E-state index contributed by atoms with van der Waals surface area (Å²) in [6.45, 7) is 2.27. The molecule has 28 heavy (non-hydrogen) atoms. The van der Waals surface area contributed by atoms with E-state index in [1.807, 2.05) is 24.4 Å². The van der Waals surface area contributed by atoms with Gasteiger partial charge in [-0.05, 0) is 43.2 Å². The molecule has 0 aliphatic carbocycles. The number of hydrogen-bond donors (Lipinski definition) is 3. The van der Waals surface area contributed by atoms with Crippen molar-refractivity contribution in [3.8, 4) is 17.1 Å². The lowest BCUT2D eigenvalue weighted by Crippen LogP contribution is -2.09. The van der Waals surface area contributed by atoms with Gasteiger partial charge in [-0.3, -0.25) is 0 Å². The van der Waals surface area contributed by atoms with Crippen molar-refractivity contribution in [3.63, 3.8) is 0 Å². The molecule has 150 valence electrons. The smallest absolute Gasteiger partial charge is 0.144 e. The molecule has 0 radical (unpaired) electrons. The minimum atomic E-state index is 0.841. The van der Waals surface area contributed by atoms with E-state index in [0.717, 1.165) is 34.6 Å². The number of unbranched alkanes of at least 4 members (excludes halogenated alkanes) is 7. The van der Waals surface area contributed by atoms with Crippen molar-refractivity contribution >= 4 is 12.2 Å². The zero-order valence-electron chi connectivity index (χ0n) is 17.2. The van der Waals surface area contributed by atoms with Gasteiger partial charge in [-0.1, -0.05) is 51.5 Å². The van der Waals surface area contributed by atoms with Gasteiger partial charge in [-0.2, -0.15) is 0 Å². The Morgan fingerprint density at radius 2 is 1.68 bits per heavy atom. The van der Waals surface area contributed by atoms with Gasteiger partial charge in [0.15, 0.2) is 0 Å². The lowest BCUT2D eigenvalue weighted by molar-refractivity contribution is 0.414. The second-order valence-corrected chi connectivity index (χ2v) is 7.38. The molecule has 0 saturated heterocycles. The van der Waals surface area contributed by atoms with Crippen LogP contribution in [0.1, 0.15) is 64.0 Å². The molecule has 3 rings (SSSR count). The van der Waals surface area contributed by atoms with E-state index in [4.69, 9.17) is 4.74 Å². The minimum Gasteiger partial charge on any atom is -0.494 e. The molecule has 3 N–H and O–H groups in total. The fraction of sp³-hybridized carbons (Fsp3) is 0.417. The van der Waals surface area contributed by atoms with Crippen LogP contribution in [0.25, 0.3) is 23.5 Å². The van der Waals surface area contributed by atoms with Gasteiger partial charge >= 0.3 is 0 Å². The zero-order chi connectivity index (χ0) is 19.6. The van der Waals surface area contributed by atoms with Crippen molar-refractivity contribution in [1.29, 1.82) is 0 Å². The average Bonchev–Trinajstić information content (AvgIpc) is 3.45. The summed E-state index contributed by atoms with van der Waals surface area (Å²) in [5.41, 5.74) is 3.03. The van der Waals surface area contributed by atoms with Crippen molar-refractivity contribution in [2.45, 2.75) is 58.3 Å². The van der Waals surface area contributed by atoms with E-state index in [1.165, 1.54) is 50.3 Å². The Bertz CT molecular complexity index is 931. The number of rotatable bonds is 11. The molecular formula is C24H33N3O. The molecule has 0 fully saturated rings. The predicted molar refractivity (Wildman–Crippen MR) is 118 cm³/mol. The van der Waals surface area contributed by atoms with Crippen LogP contribution in [0.5, 0.6) is 5.75 Å². The summed E-state index contributed by atoms with van der Waals surface area (Å²) in [5, 5.41) is 2.26. The fourth-order valence-electron chi connectivity index (χ4n) is 3.52. The number of nitrogens with one attached hydrogen (secondary N) is 3. The molecule has 3 heterocycles. The quantitative estimate of drug-likeness (QED) is 0.399. The van der Waals surface area contributed by atoms with E-state index < -0.39 is 0 Å². The highest BCUT2D eigenvalue weighted by Gasteiger charge is 2.08. The first kappa shape index (κ1) is 20.1. The van der Waals surface area contributed by atoms with Crippen molar-refractivity contribution < 1.29 is 4.74 Å². The molecule has 0 atom stereocenters. The van der Waals surface area contributed by atoms with Crippen LogP contribution in [-0.4, -0.2) is 22.1 Å². The van der Waals surface area contributed by atoms with E-state index in [-0.39, 0.29) is 0 Å². The second-order valence-electron chi connectivity index (χ2n) is 7.38. The molecule has 0 aromatic carbocycles. The fourth-order valence-corrected chi connectivity index (χ4v) is 3.52. The molecule has 4 heteroatoms. The Morgan fingerprint density at radius 1 is 0.893 bits per heavy atom. The first-order valence-corrected chi connectivity index (χ1v) is 10.6. The highest BCUT2D eigenvalue weighted by Crippen LogP contribution is 2.26.